The van der Waals surface area contributed by atoms with E-state index in [-0.39, 0.29) is 6.04 Å². The van der Waals surface area contributed by atoms with Gasteiger partial charge in [0.1, 0.15) is 0 Å². The highest BCUT2D eigenvalue weighted by molar-refractivity contribution is 7.90. The lowest BCUT2D eigenvalue weighted by molar-refractivity contribution is 0.601. The summed E-state index contributed by atoms with van der Waals surface area (Å²) >= 11 is 5.45. The molecule has 4 nitrogen and oxygen atoms in total. The summed E-state index contributed by atoms with van der Waals surface area (Å²) in [5.41, 5.74) is 4.28. The predicted molar refractivity (Wildman–Crippen MR) is 108 cm³/mol. The molecule has 0 fully saturated rings. The molecule has 0 aliphatic carbocycles. The Bertz CT molecular complexity index is 859. The molecule has 134 valence electrons. The maximum atomic E-state index is 11.6. The number of hydrogen-bond acceptors (Lipinski definition) is 3. The van der Waals surface area contributed by atoms with Crippen molar-refractivity contribution in [2.75, 3.05) is 11.6 Å². The third-order valence-electron chi connectivity index (χ3n) is 4.07. The molecule has 0 spiro atoms. The van der Waals surface area contributed by atoms with Gasteiger partial charge in [-0.15, -0.1) is 0 Å². The highest BCUT2D eigenvalue weighted by atomic mass is 32.2. The molecule has 0 bridgehead atoms. The topological polar surface area (TPSA) is 58.2 Å². The Morgan fingerprint density at radius 3 is 2.32 bits per heavy atom. The normalized spacial score (nSPS) is 12.5. The summed E-state index contributed by atoms with van der Waals surface area (Å²) in [5.74, 6) is 0. The zero-order chi connectivity index (χ0) is 18.6. The van der Waals surface area contributed by atoms with Gasteiger partial charge in [-0.3, -0.25) is 0 Å². The maximum absolute atomic E-state index is 11.6. The second-order valence-electron chi connectivity index (χ2n) is 6.22. The largest absolute Gasteiger partial charge is 0.356 e. The standard InChI is InChI=1S/C19H24N2O2S2/c1-5-17(15-8-10-16(11-9-15)25(4,22)23)20-19(24)21-18-12-13(2)6-7-14(18)3/h6-12,17H,5H2,1-4H3,(H2,20,21,24)/t17-/m1/s1. The van der Waals surface area contributed by atoms with E-state index in [1.165, 1.54) is 11.8 Å². The van der Waals surface area contributed by atoms with Crippen molar-refractivity contribution in [3.8, 4) is 0 Å². The SMILES string of the molecule is CC[C@@H](NC(=S)Nc1cc(C)ccc1C)c1ccc(S(C)(=O)=O)cc1. The van der Waals surface area contributed by atoms with Crippen LogP contribution in [-0.4, -0.2) is 19.8 Å². The predicted octanol–water partition coefficient (Wildman–Crippen LogP) is 4.14. The second-order valence-corrected chi connectivity index (χ2v) is 8.64. The Hall–Kier alpha value is -1.92. The summed E-state index contributed by atoms with van der Waals surface area (Å²) in [4.78, 5) is 0.321. The van der Waals surface area contributed by atoms with Crippen molar-refractivity contribution in [2.45, 2.75) is 38.1 Å². The molecular formula is C19H24N2O2S2. The molecule has 0 saturated heterocycles. The number of hydrogen-bond donors (Lipinski definition) is 2. The summed E-state index contributed by atoms with van der Waals surface area (Å²) in [6, 6.07) is 13.1. The summed E-state index contributed by atoms with van der Waals surface area (Å²) in [5, 5.41) is 7.10. The second kappa shape index (κ2) is 7.97. The Morgan fingerprint density at radius 1 is 1.12 bits per heavy atom. The van der Waals surface area contributed by atoms with E-state index in [0.29, 0.717) is 10.0 Å². The van der Waals surface area contributed by atoms with E-state index in [1.54, 1.807) is 12.1 Å². The van der Waals surface area contributed by atoms with Crippen LogP contribution in [0.25, 0.3) is 0 Å². The number of sulfone groups is 1. The fourth-order valence-corrected chi connectivity index (χ4v) is 3.44. The van der Waals surface area contributed by atoms with Crippen LogP contribution >= 0.6 is 12.2 Å². The zero-order valence-corrected chi connectivity index (χ0v) is 16.6. The van der Waals surface area contributed by atoms with E-state index >= 15 is 0 Å². The van der Waals surface area contributed by atoms with Gasteiger partial charge in [0.15, 0.2) is 14.9 Å². The Morgan fingerprint density at radius 2 is 1.76 bits per heavy atom. The van der Waals surface area contributed by atoms with Gasteiger partial charge in [0.2, 0.25) is 0 Å². The van der Waals surface area contributed by atoms with Crippen LogP contribution < -0.4 is 10.6 Å². The number of anilines is 1. The number of nitrogens with one attached hydrogen (secondary N) is 2. The van der Waals surface area contributed by atoms with Crippen LogP contribution in [0.1, 0.15) is 36.1 Å². The van der Waals surface area contributed by atoms with E-state index in [2.05, 4.69) is 35.8 Å². The van der Waals surface area contributed by atoms with Gasteiger partial charge in [-0.1, -0.05) is 31.2 Å². The fraction of sp³-hybridized carbons (Fsp3) is 0.316. The van der Waals surface area contributed by atoms with Crippen LogP contribution in [0.4, 0.5) is 5.69 Å². The molecule has 0 amide bonds. The minimum Gasteiger partial charge on any atom is -0.356 e. The first-order valence-corrected chi connectivity index (χ1v) is 10.5. The molecule has 0 saturated carbocycles. The lowest BCUT2D eigenvalue weighted by Gasteiger charge is -2.21. The van der Waals surface area contributed by atoms with E-state index in [1.807, 2.05) is 26.0 Å². The molecule has 2 N–H and O–H groups in total. The van der Waals surface area contributed by atoms with Crippen LogP contribution in [-0.2, 0) is 9.84 Å². The lowest BCUT2D eigenvalue weighted by Crippen LogP contribution is -2.32. The first-order valence-electron chi connectivity index (χ1n) is 8.15. The first-order chi connectivity index (χ1) is 11.7. The highest BCUT2D eigenvalue weighted by Gasteiger charge is 2.13. The van der Waals surface area contributed by atoms with Crippen LogP contribution in [0.2, 0.25) is 0 Å². The van der Waals surface area contributed by atoms with Crippen molar-refractivity contribution in [1.82, 2.24) is 5.32 Å². The lowest BCUT2D eigenvalue weighted by atomic mass is 10.1. The molecule has 0 aromatic heterocycles. The number of rotatable bonds is 5. The molecule has 6 heteroatoms. The number of benzene rings is 2. The summed E-state index contributed by atoms with van der Waals surface area (Å²) in [6.07, 6.45) is 2.04. The molecule has 2 rings (SSSR count). The van der Waals surface area contributed by atoms with E-state index in [4.69, 9.17) is 12.2 Å². The van der Waals surface area contributed by atoms with E-state index in [9.17, 15) is 8.42 Å². The van der Waals surface area contributed by atoms with Crippen molar-refractivity contribution in [1.29, 1.82) is 0 Å². The van der Waals surface area contributed by atoms with Gasteiger partial charge < -0.3 is 10.6 Å². The average Bonchev–Trinajstić information content (AvgIpc) is 2.55. The zero-order valence-electron chi connectivity index (χ0n) is 15.0. The molecule has 2 aromatic rings. The van der Waals surface area contributed by atoms with Crippen LogP contribution in [0.3, 0.4) is 0 Å². The molecule has 1 atom stereocenters. The molecule has 0 heterocycles. The van der Waals surface area contributed by atoms with E-state index in [0.717, 1.165) is 23.2 Å². The van der Waals surface area contributed by atoms with Crippen molar-refractivity contribution < 1.29 is 8.42 Å². The van der Waals surface area contributed by atoms with Crippen LogP contribution in [0.5, 0.6) is 0 Å². The Labute approximate surface area is 155 Å². The summed E-state index contributed by atoms with van der Waals surface area (Å²) in [7, 11) is -3.18. The molecule has 2 aromatic carbocycles. The van der Waals surface area contributed by atoms with E-state index < -0.39 is 9.84 Å². The Kier molecular flexibility index (Phi) is 6.19. The minimum absolute atomic E-state index is 0.0127. The molecule has 0 aliphatic heterocycles. The third-order valence-corrected chi connectivity index (χ3v) is 5.41. The van der Waals surface area contributed by atoms with Gasteiger partial charge in [-0.25, -0.2) is 8.42 Å². The van der Waals surface area contributed by atoms with Crippen molar-refractivity contribution >= 4 is 32.9 Å². The fourth-order valence-electron chi connectivity index (χ4n) is 2.56. The molecule has 25 heavy (non-hydrogen) atoms. The maximum Gasteiger partial charge on any atom is 0.175 e. The third kappa shape index (κ3) is 5.28. The molecule has 0 aliphatic rings. The van der Waals surface area contributed by atoms with Gasteiger partial charge in [0.05, 0.1) is 10.9 Å². The van der Waals surface area contributed by atoms with Gasteiger partial charge in [0, 0.05) is 11.9 Å². The van der Waals surface area contributed by atoms with Gasteiger partial charge in [0.25, 0.3) is 0 Å². The smallest absolute Gasteiger partial charge is 0.175 e. The van der Waals surface area contributed by atoms with Crippen molar-refractivity contribution in [3.05, 3.63) is 59.2 Å². The molecule has 0 unspecified atom stereocenters. The number of aryl methyl sites for hydroxylation is 2. The molecule has 0 radical (unpaired) electrons. The monoisotopic (exact) mass is 376 g/mol. The van der Waals surface area contributed by atoms with Crippen LogP contribution in [0, 0.1) is 13.8 Å². The molecular weight excluding hydrogens is 352 g/mol. The average molecular weight is 377 g/mol. The van der Waals surface area contributed by atoms with Gasteiger partial charge in [-0.2, -0.15) is 0 Å². The first kappa shape index (κ1) is 19.4. The Balaban J connectivity index is 2.11. The van der Waals surface area contributed by atoms with Crippen molar-refractivity contribution in [2.24, 2.45) is 0 Å². The van der Waals surface area contributed by atoms with Gasteiger partial charge >= 0.3 is 0 Å². The van der Waals surface area contributed by atoms with Crippen LogP contribution in [0.15, 0.2) is 47.4 Å². The minimum atomic E-state index is -3.18. The summed E-state index contributed by atoms with van der Waals surface area (Å²) in [6.45, 7) is 6.13. The summed E-state index contributed by atoms with van der Waals surface area (Å²) < 4.78 is 23.2. The number of thiocarbonyl (C=S) groups is 1. The highest BCUT2D eigenvalue weighted by Crippen LogP contribution is 2.20. The van der Waals surface area contributed by atoms with Gasteiger partial charge in [-0.05, 0) is 67.4 Å². The van der Waals surface area contributed by atoms with Crippen molar-refractivity contribution in [3.63, 3.8) is 0 Å². The quantitative estimate of drug-likeness (QED) is 0.768.